The van der Waals surface area contributed by atoms with E-state index in [-0.39, 0.29) is 21.1 Å². The predicted molar refractivity (Wildman–Crippen MR) is 46.4 cm³/mol. The molecule has 0 aliphatic rings. The van der Waals surface area contributed by atoms with Crippen molar-refractivity contribution in [1.29, 1.82) is 0 Å². The van der Waals surface area contributed by atoms with Gasteiger partial charge in [-0.3, -0.25) is 0 Å². The van der Waals surface area contributed by atoms with Crippen LogP contribution < -0.4 is 0 Å². The first-order chi connectivity index (χ1) is 4.63. The second-order valence-corrected chi connectivity index (χ2v) is 2.80. The molecule has 0 aliphatic heterocycles. The molecule has 0 radical (unpaired) electrons. The van der Waals surface area contributed by atoms with Crippen LogP contribution in [-0.4, -0.2) is 26.0 Å². The first kappa shape index (κ1) is 13.6. The van der Waals surface area contributed by atoms with E-state index in [9.17, 15) is 0 Å². The summed E-state index contributed by atoms with van der Waals surface area (Å²) in [6, 6.07) is 8.24. The van der Waals surface area contributed by atoms with Crippen molar-refractivity contribution in [3.05, 3.63) is 29.8 Å². The molecule has 0 amide bonds. The third-order valence-corrected chi connectivity index (χ3v) is 0.829. The Labute approximate surface area is 84.0 Å². The van der Waals surface area contributed by atoms with Gasteiger partial charge in [-0.25, -0.2) is 12.1 Å². The Bertz CT molecular complexity index is 142. The molecule has 0 atom stereocenters. The maximum atomic E-state index is 2.08. The van der Waals surface area contributed by atoms with Gasteiger partial charge in [0.2, 0.25) is 0 Å². The summed E-state index contributed by atoms with van der Waals surface area (Å²) in [6.45, 7) is 2.08. The Morgan fingerprint density at radius 2 is 1.27 bits per heavy atom. The summed E-state index contributed by atoms with van der Waals surface area (Å²) in [5.41, 5.74) is 1.34. The standard InChI is InChI=1S/C6H7.C3H9N.Pt/c1-6-4-2-3-5-6;1-4(2)3;/h2-5H,1H3;1-3H3;/q-1;;+4. The van der Waals surface area contributed by atoms with Crippen LogP contribution in [0.15, 0.2) is 24.3 Å². The fourth-order valence-electron chi connectivity index (χ4n) is 0.470. The van der Waals surface area contributed by atoms with Crippen LogP contribution in [0.2, 0.25) is 0 Å². The third-order valence-electron chi connectivity index (χ3n) is 0.829. The van der Waals surface area contributed by atoms with Gasteiger partial charge in [0.1, 0.15) is 0 Å². The van der Waals surface area contributed by atoms with E-state index in [1.807, 2.05) is 38.2 Å². The fraction of sp³-hybridized carbons (Fsp3) is 0.444. The van der Waals surface area contributed by atoms with Crippen molar-refractivity contribution in [1.82, 2.24) is 4.90 Å². The van der Waals surface area contributed by atoms with E-state index in [4.69, 9.17) is 0 Å². The molecular formula is C9H16NPt+3. The summed E-state index contributed by atoms with van der Waals surface area (Å²) < 4.78 is 0. The summed E-state index contributed by atoms with van der Waals surface area (Å²) >= 11 is 0. The Hall–Kier alpha value is -0.00169. The van der Waals surface area contributed by atoms with Crippen molar-refractivity contribution in [2.24, 2.45) is 0 Å². The summed E-state index contributed by atoms with van der Waals surface area (Å²) in [4.78, 5) is 2.00. The molecule has 0 saturated heterocycles. The second-order valence-electron chi connectivity index (χ2n) is 2.80. The molecule has 1 aromatic carbocycles. The van der Waals surface area contributed by atoms with Crippen molar-refractivity contribution in [3.8, 4) is 0 Å². The Kier molecular flexibility index (Phi) is 10.00. The van der Waals surface area contributed by atoms with E-state index >= 15 is 0 Å². The summed E-state index contributed by atoms with van der Waals surface area (Å²) in [6.07, 6.45) is 0. The number of aryl methyl sites for hydroxylation is 1. The molecule has 0 aromatic heterocycles. The number of hydrogen-bond acceptors (Lipinski definition) is 1. The van der Waals surface area contributed by atoms with Crippen LogP contribution in [0.1, 0.15) is 5.56 Å². The summed E-state index contributed by atoms with van der Waals surface area (Å²) in [7, 11) is 6.00. The van der Waals surface area contributed by atoms with Crippen LogP contribution in [0, 0.1) is 6.92 Å². The van der Waals surface area contributed by atoms with Gasteiger partial charge in [0.05, 0.1) is 0 Å². The normalized spacial score (nSPS) is 8.09. The molecule has 0 aliphatic carbocycles. The Morgan fingerprint density at radius 1 is 1.00 bits per heavy atom. The Morgan fingerprint density at radius 3 is 1.36 bits per heavy atom. The third kappa shape index (κ3) is 13.1. The van der Waals surface area contributed by atoms with Crippen LogP contribution in [0.25, 0.3) is 0 Å². The van der Waals surface area contributed by atoms with Gasteiger partial charge < -0.3 is 4.90 Å². The average molecular weight is 333 g/mol. The van der Waals surface area contributed by atoms with E-state index in [2.05, 4.69) is 19.1 Å². The van der Waals surface area contributed by atoms with Gasteiger partial charge in [-0.2, -0.15) is 17.7 Å². The van der Waals surface area contributed by atoms with Gasteiger partial charge in [-0.1, -0.05) is 6.92 Å². The molecule has 11 heavy (non-hydrogen) atoms. The molecule has 0 bridgehead atoms. The monoisotopic (exact) mass is 333 g/mol. The minimum Gasteiger partial charge on any atom is -0.312 e. The first-order valence-electron chi connectivity index (χ1n) is 3.42. The van der Waals surface area contributed by atoms with Crippen LogP contribution in [0.3, 0.4) is 0 Å². The van der Waals surface area contributed by atoms with E-state index in [0.717, 1.165) is 0 Å². The number of nitrogens with zero attached hydrogens (tertiary/aromatic N) is 1. The van der Waals surface area contributed by atoms with Crippen LogP contribution in [0.4, 0.5) is 0 Å². The largest absolute Gasteiger partial charge is 4.00 e. The van der Waals surface area contributed by atoms with E-state index in [1.165, 1.54) is 5.56 Å². The predicted octanol–water partition coefficient (Wildman–Crippen LogP) is 1.89. The first-order valence-corrected chi connectivity index (χ1v) is 3.42. The van der Waals surface area contributed by atoms with Crippen LogP contribution in [0.5, 0.6) is 0 Å². The van der Waals surface area contributed by atoms with Gasteiger partial charge in [-0.15, -0.1) is 0 Å². The summed E-state index contributed by atoms with van der Waals surface area (Å²) in [5.74, 6) is 0. The van der Waals surface area contributed by atoms with Gasteiger partial charge >= 0.3 is 21.1 Å². The zero-order valence-electron chi connectivity index (χ0n) is 7.57. The zero-order valence-corrected chi connectivity index (χ0v) is 9.85. The quantitative estimate of drug-likeness (QED) is 0.656. The molecule has 64 valence electrons. The smallest absolute Gasteiger partial charge is 0.312 e. The number of hydrogen-bond donors (Lipinski definition) is 0. The number of rotatable bonds is 0. The van der Waals surface area contributed by atoms with Crippen molar-refractivity contribution >= 4 is 0 Å². The molecule has 1 aromatic rings. The SMILES string of the molecule is CN(C)C.C[c-]1cccc1.[Pt+4]. The maximum absolute atomic E-state index is 2.08. The minimum absolute atomic E-state index is 0. The zero-order chi connectivity index (χ0) is 7.98. The van der Waals surface area contributed by atoms with Crippen molar-refractivity contribution < 1.29 is 21.1 Å². The van der Waals surface area contributed by atoms with Crippen molar-refractivity contribution in [2.75, 3.05) is 21.1 Å². The molecule has 0 saturated carbocycles. The van der Waals surface area contributed by atoms with E-state index < -0.39 is 0 Å². The average Bonchev–Trinajstić information content (AvgIpc) is 2.15. The molecular weight excluding hydrogens is 317 g/mol. The fourth-order valence-corrected chi connectivity index (χ4v) is 0.470. The van der Waals surface area contributed by atoms with E-state index in [1.54, 1.807) is 0 Å². The topological polar surface area (TPSA) is 3.24 Å². The van der Waals surface area contributed by atoms with E-state index in [0.29, 0.717) is 0 Å². The van der Waals surface area contributed by atoms with Crippen molar-refractivity contribution in [3.63, 3.8) is 0 Å². The minimum atomic E-state index is 0. The molecule has 1 rings (SSSR count). The van der Waals surface area contributed by atoms with Crippen molar-refractivity contribution in [2.45, 2.75) is 6.92 Å². The van der Waals surface area contributed by atoms with Gasteiger partial charge in [0.15, 0.2) is 0 Å². The van der Waals surface area contributed by atoms with Gasteiger partial charge in [0.25, 0.3) is 0 Å². The van der Waals surface area contributed by atoms with Gasteiger partial charge in [0, 0.05) is 0 Å². The molecule has 0 fully saturated rings. The Balaban J connectivity index is 0. The second kappa shape index (κ2) is 8.10. The van der Waals surface area contributed by atoms with Gasteiger partial charge in [-0.05, 0) is 21.1 Å². The molecule has 0 unspecified atom stereocenters. The molecule has 2 heteroatoms. The summed E-state index contributed by atoms with van der Waals surface area (Å²) in [5, 5.41) is 0. The molecule has 0 heterocycles. The molecule has 0 spiro atoms. The molecule has 1 nitrogen and oxygen atoms in total. The molecule has 0 N–H and O–H groups in total. The van der Waals surface area contributed by atoms with Crippen LogP contribution >= 0.6 is 0 Å². The van der Waals surface area contributed by atoms with Crippen LogP contribution in [-0.2, 0) is 21.1 Å². The maximum Gasteiger partial charge on any atom is 4.00 e.